The lowest BCUT2D eigenvalue weighted by Crippen LogP contribution is -2.32. The maximum absolute atomic E-state index is 13.9. The van der Waals surface area contributed by atoms with Gasteiger partial charge in [-0.3, -0.25) is 14.4 Å². The minimum Gasteiger partial charge on any atom is -0.489 e. The molecule has 0 bridgehead atoms. The van der Waals surface area contributed by atoms with Crippen LogP contribution in [0.25, 0.3) is 0 Å². The zero-order valence-corrected chi connectivity index (χ0v) is 22.5. The molecule has 2 amide bonds. The van der Waals surface area contributed by atoms with E-state index in [0.29, 0.717) is 21.2 Å². The summed E-state index contributed by atoms with van der Waals surface area (Å²) in [5.74, 6) is -2.42. The quantitative estimate of drug-likeness (QED) is 0.286. The number of nitrogens with zero attached hydrogens (tertiary/aromatic N) is 1. The molecule has 1 N–H and O–H groups in total. The lowest BCUT2D eigenvalue weighted by atomic mass is 9.82. The smallest absolute Gasteiger partial charge is 0.416 e. The standard InChI is InChI=1S/C29H21F3N2O4S2/c1-15-7-2-3-8-16(15)14-38-20-12-5-4-11-19(20)21-22-24(39-25-23(21)40-28(37)33-25)27(36)34(26(22)35)18-10-6-9-17(13-18)29(30,31)32/h2-13,21-22,24H,14H2,1H3,(H,33,37). The minimum absolute atomic E-state index is 0.139. The maximum Gasteiger partial charge on any atom is 0.416 e. The number of aryl methyl sites for hydroxylation is 1. The second-order valence-corrected chi connectivity index (χ2v) is 11.7. The zero-order chi connectivity index (χ0) is 28.2. The van der Waals surface area contributed by atoms with Crippen LogP contribution in [0.3, 0.4) is 0 Å². The second kappa shape index (κ2) is 9.97. The van der Waals surface area contributed by atoms with Crippen LogP contribution in [0.1, 0.15) is 33.0 Å². The van der Waals surface area contributed by atoms with Crippen LogP contribution in [-0.4, -0.2) is 22.0 Å². The average Bonchev–Trinajstić information content (AvgIpc) is 3.42. The van der Waals surface area contributed by atoms with Crippen molar-refractivity contribution in [2.45, 2.75) is 35.9 Å². The SMILES string of the molecule is Cc1ccccc1COc1ccccc1C1c2sc(=O)[nH]c2SC2C(=O)N(c3cccc(C(F)(F)F)c3)C(=O)C21. The van der Waals surface area contributed by atoms with Crippen molar-refractivity contribution in [2.75, 3.05) is 4.90 Å². The van der Waals surface area contributed by atoms with Gasteiger partial charge in [0.25, 0.3) is 0 Å². The van der Waals surface area contributed by atoms with Crippen LogP contribution in [-0.2, 0) is 22.4 Å². The van der Waals surface area contributed by atoms with Crippen LogP contribution in [0.4, 0.5) is 18.9 Å². The molecule has 40 heavy (non-hydrogen) atoms. The summed E-state index contributed by atoms with van der Waals surface area (Å²) in [6.45, 7) is 2.24. The maximum atomic E-state index is 13.9. The largest absolute Gasteiger partial charge is 0.489 e. The van der Waals surface area contributed by atoms with Crippen molar-refractivity contribution in [3.05, 3.63) is 110 Å². The molecule has 0 aliphatic carbocycles. The van der Waals surface area contributed by atoms with Crippen molar-refractivity contribution in [1.29, 1.82) is 0 Å². The van der Waals surface area contributed by atoms with Gasteiger partial charge in [-0.25, -0.2) is 4.90 Å². The summed E-state index contributed by atoms with van der Waals surface area (Å²) in [6, 6.07) is 19.1. The number of H-pyrrole nitrogens is 1. The Morgan fingerprint density at radius 3 is 2.48 bits per heavy atom. The number of imide groups is 1. The molecule has 6 rings (SSSR count). The van der Waals surface area contributed by atoms with E-state index in [9.17, 15) is 27.6 Å². The van der Waals surface area contributed by atoms with Crippen LogP contribution in [0.2, 0.25) is 0 Å². The highest BCUT2D eigenvalue weighted by Gasteiger charge is 2.57. The number of carbonyl (C=O) groups excluding carboxylic acids is 2. The number of rotatable bonds is 5. The molecule has 0 spiro atoms. The number of amides is 2. The summed E-state index contributed by atoms with van der Waals surface area (Å²) in [5.41, 5.74) is 1.55. The summed E-state index contributed by atoms with van der Waals surface area (Å²) in [4.78, 5) is 43.8. The van der Waals surface area contributed by atoms with Crippen LogP contribution in [0.5, 0.6) is 5.75 Å². The van der Waals surface area contributed by atoms with Crippen LogP contribution >= 0.6 is 23.1 Å². The third-order valence-corrected chi connectivity index (χ3v) is 9.56. The van der Waals surface area contributed by atoms with Gasteiger partial charge in [-0.2, -0.15) is 13.2 Å². The Bertz CT molecular complexity index is 1700. The molecule has 1 saturated heterocycles. The third-order valence-electron chi connectivity index (χ3n) is 7.15. The highest BCUT2D eigenvalue weighted by atomic mass is 32.2. The molecule has 2 aliphatic heterocycles. The lowest BCUT2D eigenvalue weighted by molar-refractivity contribution is -0.137. The van der Waals surface area contributed by atoms with Gasteiger partial charge >= 0.3 is 11.0 Å². The van der Waals surface area contributed by atoms with E-state index in [1.165, 1.54) is 12.1 Å². The van der Waals surface area contributed by atoms with Gasteiger partial charge in [0.15, 0.2) is 0 Å². The third kappa shape index (κ3) is 4.52. The fourth-order valence-electron chi connectivity index (χ4n) is 5.22. The van der Waals surface area contributed by atoms with Crippen molar-refractivity contribution in [3.8, 4) is 5.75 Å². The van der Waals surface area contributed by atoms with Gasteiger partial charge in [-0.05, 0) is 42.3 Å². The molecular formula is C29H21F3N2O4S2. The summed E-state index contributed by atoms with van der Waals surface area (Å²) in [7, 11) is 0. The van der Waals surface area contributed by atoms with Crippen LogP contribution < -0.4 is 14.5 Å². The lowest BCUT2D eigenvalue weighted by Gasteiger charge is -2.30. The predicted octanol–water partition coefficient (Wildman–Crippen LogP) is 6.14. The first-order valence-electron chi connectivity index (χ1n) is 12.3. The molecule has 11 heteroatoms. The van der Waals surface area contributed by atoms with Gasteiger partial charge in [0.1, 0.15) is 17.6 Å². The number of nitrogens with one attached hydrogen (secondary N) is 1. The number of aromatic amines is 1. The number of hydrogen-bond acceptors (Lipinski definition) is 6. The molecule has 1 fully saturated rings. The number of aromatic nitrogens is 1. The molecule has 204 valence electrons. The molecular weight excluding hydrogens is 561 g/mol. The number of thiazole rings is 1. The first-order chi connectivity index (χ1) is 19.1. The average molecular weight is 583 g/mol. The number of alkyl halides is 3. The molecule has 3 heterocycles. The Hall–Kier alpha value is -3.83. The van der Waals surface area contributed by atoms with Crippen molar-refractivity contribution in [2.24, 2.45) is 5.92 Å². The predicted molar refractivity (Wildman–Crippen MR) is 146 cm³/mol. The Kier molecular flexibility index (Phi) is 6.58. The van der Waals surface area contributed by atoms with Crippen molar-refractivity contribution in [3.63, 3.8) is 0 Å². The van der Waals surface area contributed by atoms with Crippen LogP contribution in [0, 0.1) is 12.8 Å². The Labute approximate surface area is 234 Å². The molecule has 2 aliphatic rings. The van der Waals surface area contributed by atoms with Gasteiger partial charge in [0.05, 0.1) is 22.2 Å². The van der Waals surface area contributed by atoms with Gasteiger partial charge in [-0.1, -0.05) is 71.6 Å². The number of ether oxygens (including phenoxy) is 1. The number of para-hydroxylation sites is 1. The number of carbonyl (C=O) groups is 2. The van der Waals surface area contributed by atoms with E-state index in [4.69, 9.17) is 4.74 Å². The van der Waals surface area contributed by atoms with Gasteiger partial charge in [0.2, 0.25) is 11.8 Å². The van der Waals surface area contributed by atoms with E-state index < -0.39 is 40.6 Å². The molecule has 3 unspecified atom stereocenters. The fourth-order valence-corrected chi connectivity index (χ4v) is 7.73. The molecule has 6 nitrogen and oxygen atoms in total. The van der Waals surface area contributed by atoms with E-state index in [0.717, 1.165) is 51.3 Å². The van der Waals surface area contributed by atoms with E-state index in [1.807, 2.05) is 31.2 Å². The van der Waals surface area contributed by atoms with E-state index in [1.54, 1.807) is 24.3 Å². The molecule has 0 saturated carbocycles. The second-order valence-electron chi connectivity index (χ2n) is 9.56. The summed E-state index contributed by atoms with van der Waals surface area (Å²) < 4.78 is 46.5. The molecule has 0 radical (unpaired) electrons. The monoisotopic (exact) mass is 582 g/mol. The number of anilines is 1. The number of fused-ring (bicyclic) bond motifs is 2. The first kappa shape index (κ1) is 26.4. The Balaban J connectivity index is 1.42. The Morgan fingerprint density at radius 2 is 1.70 bits per heavy atom. The van der Waals surface area contributed by atoms with Crippen LogP contribution in [0.15, 0.2) is 82.6 Å². The first-order valence-corrected chi connectivity index (χ1v) is 14.0. The fraction of sp³-hybridized carbons (Fsp3) is 0.207. The van der Waals surface area contributed by atoms with Crippen molar-refractivity contribution < 1.29 is 27.5 Å². The van der Waals surface area contributed by atoms with Crippen molar-refractivity contribution in [1.82, 2.24) is 4.98 Å². The Morgan fingerprint density at radius 1 is 0.950 bits per heavy atom. The number of thioether (sulfide) groups is 1. The number of hydrogen-bond donors (Lipinski definition) is 1. The molecule has 3 atom stereocenters. The number of benzene rings is 3. The van der Waals surface area contributed by atoms with E-state index >= 15 is 0 Å². The van der Waals surface area contributed by atoms with Gasteiger partial charge in [-0.15, -0.1) is 0 Å². The van der Waals surface area contributed by atoms with E-state index in [2.05, 4.69) is 4.98 Å². The zero-order valence-electron chi connectivity index (χ0n) is 20.9. The topological polar surface area (TPSA) is 79.5 Å². The summed E-state index contributed by atoms with van der Waals surface area (Å²) in [5, 5.41) is -0.462. The van der Waals surface area contributed by atoms with Crippen molar-refractivity contribution >= 4 is 40.6 Å². The number of halogens is 3. The van der Waals surface area contributed by atoms with Gasteiger partial charge in [0, 0.05) is 16.4 Å². The summed E-state index contributed by atoms with van der Waals surface area (Å²) >= 11 is 2.02. The van der Waals surface area contributed by atoms with E-state index in [-0.39, 0.29) is 17.2 Å². The highest BCUT2D eigenvalue weighted by Crippen LogP contribution is 2.54. The highest BCUT2D eigenvalue weighted by molar-refractivity contribution is 8.00. The summed E-state index contributed by atoms with van der Waals surface area (Å²) in [6.07, 6.45) is -4.64. The molecule has 3 aromatic carbocycles. The molecule has 1 aromatic heterocycles. The normalized spacial score (nSPS) is 20.4. The minimum atomic E-state index is -4.64. The van der Waals surface area contributed by atoms with Gasteiger partial charge < -0.3 is 9.72 Å². The molecule has 4 aromatic rings.